The van der Waals surface area contributed by atoms with Crippen molar-refractivity contribution >= 4 is 11.6 Å². The summed E-state index contributed by atoms with van der Waals surface area (Å²) in [4.78, 5) is 11.6. The highest BCUT2D eigenvalue weighted by molar-refractivity contribution is 5.46. The van der Waals surface area contributed by atoms with Gasteiger partial charge in [-0.2, -0.15) is 0 Å². The number of hydrogen-bond donors (Lipinski definition) is 1. The van der Waals surface area contributed by atoms with Gasteiger partial charge >= 0.3 is 0 Å². The Balaban J connectivity index is 1.74. The van der Waals surface area contributed by atoms with Gasteiger partial charge in [0.2, 0.25) is 0 Å². The molecule has 104 valence electrons. The molecule has 4 nitrogen and oxygen atoms in total. The Labute approximate surface area is 115 Å². The molecule has 1 saturated carbocycles. The summed E-state index contributed by atoms with van der Waals surface area (Å²) in [7, 11) is 0. The zero-order chi connectivity index (χ0) is 13.1. The summed E-state index contributed by atoms with van der Waals surface area (Å²) in [6, 6.07) is 0.712. The maximum absolute atomic E-state index is 4.74. The second-order valence-electron chi connectivity index (χ2n) is 5.78. The summed E-state index contributed by atoms with van der Waals surface area (Å²) in [5.41, 5.74) is 0. The maximum Gasteiger partial charge on any atom is 0.149 e. The molecule has 19 heavy (non-hydrogen) atoms. The molecule has 2 unspecified atom stereocenters. The fourth-order valence-electron chi connectivity index (χ4n) is 3.52. The molecule has 2 aliphatic rings. The van der Waals surface area contributed by atoms with Gasteiger partial charge in [0.25, 0.3) is 0 Å². The van der Waals surface area contributed by atoms with Crippen LogP contribution in [-0.2, 0) is 0 Å². The lowest BCUT2D eigenvalue weighted by atomic mass is 9.85. The molecule has 3 rings (SSSR count). The molecular weight excluding hydrogens is 236 g/mol. The Morgan fingerprint density at radius 1 is 1.26 bits per heavy atom. The fourth-order valence-corrected chi connectivity index (χ4v) is 3.52. The minimum Gasteiger partial charge on any atom is -0.369 e. The molecule has 2 atom stereocenters. The van der Waals surface area contributed by atoms with Crippen LogP contribution in [0.25, 0.3) is 0 Å². The van der Waals surface area contributed by atoms with Crippen LogP contribution in [0.2, 0.25) is 0 Å². The van der Waals surface area contributed by atoms with E-state index in [0.29, 0.717) is 6.04 Å². The number of aromatic nitrogens is 2. The molecule has 1 aromatic heterocycles. The van der Waals surface area contributed by atoms with E-state index >= 15 is 0 Å². The van der Waals surface area contributed by atoms with Gasteiger partial charge in [0, 0.05) is 19.1 Å². The number of fused-ring (bicyclic) bond motifs is 1. The van der Waals surface area contributed by atoms with E-state index in [1.165, 1.54) is 32.1 Å². The summed E-state index contributed by atoms with van der Waals surface area (Å²) >= 11 is 0. The maximum atomic E-state index is 4.74. The van der Waals surface area contributed by atoms with Gasteiger partial charge in [-0.25, -0.2) is 4.98 Å². The molecular formula is C15H24N4. The molecule has 0 bridgehead atoms. The molecule has 1 aliphatic heterocycles. The Kier molecular flexibility index (Phi) is 3.85. The van der Waals surface area contributed by atoms with E-state index in [9.17, 15) is 0 Å². The summed E-state index contributed by atoms with van der Waals surface area (Å²) in [5.74, 6) is 2.87. The second kappa shape index (κ2) is 5.76. The molecule has 0 radical (unpaired) electrons. The van der Waals surface area contributed by atoms with Gasteiger partial charge in [-0.15, -0.1) is 0 Å². The van der Waals surface area contributed by atoms with Gasteiger partial charge in [0.15, 0.2) is 0 Å². The first kappa shape index (κ1) is 12.7. The van der Waals surface area contributed by atoms with E-state index in [2.05, 4.69) is 22.1 Å². The van der Waals surface area contributed by atoms with E-state index in [0.717, 1.165) is 37.1 Å². The zero-order valence-electron chi connectivity index (χ0n) is 11.8. The average Bonchev–Trinajstić information content (AvgIpc) is 2.89. The minimum atomic E-state index is 0.712. The Morgan fingerprint density at radius 3 is 3.05 bits per heavy atom. The van der Waals surface area contributed by atoms with E-state index < -0.39 is 0 Å². The Bertz CT molecular complexity index is 420. The summed E-state index contributed by atoms with van der Waals surface area (Å²) in [6.07, 6.45) is 11.7. The number of rotatable bonds is 4. The highest BCUT2D eigenvalue weighted by Gasteiger charge is 2.36. The fraction of sp³-hybridized carbons (Fsp3) is 0.733. The van der Waals surface area contributed by atoms with Gasteiger partial charge in [-0.05, 0) is 31.6 Å². The topological polar surface area (TPSA) is 41.1 Å². The summed E-state index contributed by atoms with van der Waals surface area (Å²) in [5, 5.41) is 3.33. The van der Waals surface area contributed by atoms with Crippen molar-refractivity contribution in [2.75, 3.05) is 23.3 Å². The van der Waals surface area contributed by atoms with Crippen molar-refractivity contribution < 1.29 is 0 Å². The lowest BCUT2D eigenvalue weighted by molar-refractivity contribution is 0.341. The van der Waals surface area contributed by atoms with Crippen molar-refractivity contribution in [2.45, 2.75) is 51.5 Å². The first-order valence-electron chi connectivity index (χ1n) is 7.71. The lowest BCUT2D eigenvalue weighted by Crippen LogP contribution is -2.35. The molecule has 4 heteroatoms. The van der Waals surface area contributed by atoms with Gasteiger partial charge < -0.3 is 10.2 Å². The van der Waals surface area contributed by atoms with E-state index in [1.807, 2.05) is 12.4 Å². The van der Waals surface area contributed by atoms with Crippen molar-refractivity contribution in [3.05, 3.63) is 12.4 Å². The van der Waals surface area contributed by atoms with Crippen LogP contribution in [0.4, 0.5) is 11.6 Å². The second-order valence-corrected chi connectivity index (χ2v) is 5.78. The molecule has 1 aliphatic carbocycles. The van der Waals surface area contributed by atoms with Gasteiger partial charge in [0.1, 0.15) is 11.6 Å². The highest BCUT2D eigenvalue weighted by Crippen LogP contribution is 2.38. The third kappa shape index (κ3) is 2.67. The first-order valence-corrected chi connectivity index (χ1v) is 7.71. The number of nitrogens with zero attached hydrogens (tertiary/aromatic N) is 3. The normalized spacial score (nSPS) is 26.3. The first-order chi connectivity index (χ1) is 9.38. The molecule has 0 amide bonds. The SMILES string of the molecule is CCCNc1cncc(N2CCC3CCCCC32)n1. The predicted octanol–water partition coefficient (Wildman–Crippen LogP) is 3.07. The molecule has 1 aromatic rings. The van der Waals surface area contributed by atoms with Gasteiger partial charge in [-0.3, -0.25) is 4.98 Å². The van der Waals surface area contributed by atoms with Crippen LogP contribution in [-0.4, -0.2) is 29.1 Å². The monoisotopic (exact) mass is 260 g/mol. The van der Waals surface area contributed by atoms with E-state index in [1.54, 1.807) is 0 Å². The number of anilines is 2. The Hall–Kier alpha value is -1.32. The minimum absolute atomic E-state index is 0.712. The van der Waals surface area contributed by atoms with Crippen molar-refractivity contribution in [1.29, 1.82) is 0 Å². The quantitative estimate of drug-likeness (QED) is 0.903. The highest BCUT2D eigenvalue weighted by atomic mass is 15.3. The average molecular weight is 260 g/mol. The van der Waals surface area contributed by atoms with Crippen LogP contribution in [0.5, 0.6) is 0 Å². The van der Waals surface area contributed by atoms with Crippen LogP contribution >= 0.6 is 0 Å². The largest absolute Gasteiger partial charge is 0.369 e. The van der Waals surface area contributed by atoms with Crippen LogP contribution < -0.4 is 10.2 Å². The number of nitrogens with one attached hydrogen (secondary N) is 1. The summed E-state index contributed by atoms with van der Waals surface area (Å²) in [6.45, 7) is 4.28. The van der Waals surface area contributed by atoms with E-state index in [-0.39, 0.29) is 0 Å². The predicted molar refractivity (Wildman–Crippen MR) is 78.5 cm³/mol. The van der Waals surface area contributed by atoms with Crippen molar-refractivity contribution in [2.24, 2.45) is 5.92 Å². The molecule has 1 saturated heterocycles. The third-order valence-electron chi connectivity index (χ3n) is 4.48. The van der Waals surface area contributed by atoms with Crippen LogP contribution in [0, 0.1) is 5.92 Å². The molecule has 0 spiro atoms. The van der Waals surface area contributed by atoms with Crippen molar-refractivity contribution in [1.82, 2.24) is 9.97 Å². The molecule has 2 fully saturated rings. The van der Waals surface area contributed by atoms with E-state index in [4.69, 9.17) is 4.98 Å². The van der Waals surface area contributed by atoms with Crippen LogP contribution in [0.1, 0.15) is 45.4 Å². The smallest absolute Gasteiger partial charge is 0.149 e. The zero-order valence-corrected chi connectivity index (χ0v) is 11.8. The van der Waals surface area contributed by atoms with Crippen LogP contribution in [0.15, 0.2) is 12.4 Å². The van der Waals surface area contributed by atoms with Crippen LogP contribution in [0.3, 0.4) is 0 Å². The molecule has 1 N–H and O–H groups in total. The number of hydrogen-bond acceptors (Lipinski definition) is 4. The molecule has 0 aromatic carbocycles. The summed E-state index contributed by atoms with van der Waals surface area (Å²) < 4.78 is 0. The molecule has 2 heterocycles. The van der Waals surface area contributed by atoms with Crippen molar-refractivity contribution in [3.8, 4) is 0 Å². The Morgan fingerprint density at radius 2 is 2.16 bits per heavy atom. The van der Waals surface area contributed by atoms with Crippen molar-refractivity contribution in [3.63, 3.8) is 0 Å². The van der Waals surface area contributed by atoms with Gasteiger partial charge in [-0.1, -0.05) is 19.8 Å². The third-order valence-corrected chi connectivity index (χ3v) is 4.48. The van der Waals surface area contributed by atoms with Gasteiger partial charge in [0.05, 0.1) is 12.4 Å². The lowest BCUT2D eigenvalue weighted by Gasteiger charge is -2.32. The standard InChI is InChI=1S/C15H24N4/c1-2-8-17-14-10-16-11-15(18-14)19-9-7-12-5-3-4-6-13(12)19/h10-13H,2-9H2,1H3,(H,17,18).